The molecule has 0 saturated heterocycles. The molecule has 0 unspecified atom stereocenters. The minimum atomic E-state index is -0.304. The van der Waals surface area contributed by atoms with E-state index in [9.17, 15) is 4.79 Å². The molecule has 0 bridgehead atoms. The summed E-state index contributed by atoms with van der Waals surface area (Å²) in [5.74, 6) is -0.304. The van der Waals surface area contributed by atoms with E-state index in [1.54, 1.807) is 6.07 Å². The molecule has 1 aromatic carbocycles. The average Bonchev–Trinajstić information content (AvgIpc) is 2.79. The number of hydrogen-bond donors (Lipinski definition) is 1. The Morgan fingerprint density at radius 3 is 2.65 bits per heavy atom. The standard InChI is InChI=1S/C13H7Cl2N3OS/c14-8-2-1-3-9-10(8)11(15)12(20-9)13(19)18-7-4-16-6-17-5-7/h1-6H,(H,18,19). The van der Waals surface area contributed by atoms with Crippen molar-refractivity contribution in [3.63, 3.8) is 0 Å². The highest BCUT2D eigenvalue weighted by atomic mass is 35.5. The SMILES string of the molecule is O=C(Nc1cncnc1)c1sc2cccc(Cl)c2c1Cl. The number of nitrogens with one attached hydrogen (secondary N) is 1. The van der Waals surface area contributed by atoms with Crippen molar-refractivity contribution in [1.82, 2.24) is 9.97 Å². The number of thiophene rings is 1. The van der Waals surface area contributed by atoms with Crippen LogP contribution in [0.15, 0.2) is 36.9 Å². The van der Waals surface area contributed by atoms with Crippen LogP contribution in [0.3, 0.4) is 0 Å². The third kappa shape index (κ3) is 2.35. The molecule has 100 valence electrons. The zero-order valence-electron chi connectivity index (χ0n) is 9.93. The smallest absolute Gasteiger partial charge is 0.267 e. The first kappa shape index (κ1) is 13.3. The predicted molar refractivity (Wildman–Crippen MR) is 81.8 cm³/mol. The lowest BCUT2D eigenvalue weighted by Crippen LogP contribution is -2.10. The predicted octanol–water partition coefficient (Wildman–Crippen LogP) is 4.25. The topological polar surface area (TPSA) is 54.9 Å². The van der Waals surface area contributed by atoms with Gasteiger partial charge in [-0.1, -0.05) is 29.3 Å². The molecular weight excluding hydrogens is 317 g/mol. The van der Waals surface area contributed by atoms with Gasteiger partial charge in [0.1, 0.15) is 11.2 Å². The van der Waals surface area contributed by atoms with Gasteiger partial charge >= 0.3 is 0 Å². The highest BCUT2D eigenvalue weighted by molar-refractivity contribution is 7.21. The summed E-state index contributed by atoms with van der Waals surface area (Å²) in [6.45, 7) is 0. The van der Waals surface area contributed by atoms with Crippen LogP contribution in [0.4, 0.5) is 5.69 Å². The quantitative estimate of drug-likeness (QED) is 0.767. The number of hydrogen-bond acceptors (Lipinski definition) is 4. The number of aromatic nitrogens is 2. The van der Waals surface area contributed by atoms with E-state index in [-0.39, 0.29) is 5.91 Å². The van der Waals surface area contributed by atoms with Gasteiger partial charge in [-0.25, -0.2) is 9.97 Å². The number of carbonyl (C=O) groups excluding carboxylic acids is 1. The number of rotatable bonds is 2. The Morgan fingerprint density at radius 2 is 1.95 bits per heavy atom. The Labute approximate surface area is 128 Å². The number of fused-ring (bicyclic) bond motifs is 1. The molecule has 0 aliphatic rings. The van der Waals surface area contributed by atoms with Gasteiger partial charge in [0, 0.05) is 10.1 Å². The van der Waals surface area contributed by atoms with Crippen molar-refractivity contribution in [2.75, 3.05) is 5.32 Å². The molecule has 2 aromatic heterocycles. The van der Waals surface area contributed by atoms with Gasteiger partial charge in [-0.2, -0.15) is 0 Å². The number of halogens is 2. The van der Waals surface area contributed by atoms with E-state index >= 15 is 0 Å². The van der Waals surface area contributed by atoms with Crippen LogP contribution in [0.2, 0.25) is 10.0 Å². The van der Waals surface area contributed by atoms with Gasteiger partial charge in [-0.05, 0) is 12.1 Å². The maximum absolute atomic E-state index is 12.2. The lowest BCUT2D eigenvalue weighted by Gasteiger charge is -2.02. The van der Waals surface area contributed by atoms with Gasteiger partial charge in [-0.3, -0.25) is 4.79 Å². The maximum atomic E-state index is 12.2. The van der Waals surface area contributed by atoms with E-state index < -0.39 is 0 Å². The number of benzene rings is 1. The molecule has 3 rings (SSSR count). The first-order valence-electron chi connectivity index (χ1n) is 5.59. The molecule has 4 nitrogen and oxygen atoms in total. The summed E-state index contributed by atoms with van der Waals surface area (Å²) in [7, 11) is 0. The fourth-order valence-corrected chi connectivity index (χ4v) is 3.62. The lowest BCUT2D eigenvalue weighted by molar-refractivity contribution is 0.103. The fourth-order valence-electron chi connectivity index (χ4n) is 1.77. The molecule has 1 amide bonds. The van der Waals surface area contributed by atoms with Crippen LogP contribution >= 0.6 is 34.5 Å². The first-order chi connectivity index (χ1) is 9.66. The molecule has 0 radical (unpaired) electrons. The Morgan fingerprint density at radius 1 is 1.20 bits per heavy atom. The van der Waals surface area contributed by atoms with Gasteiger partial charge in [0.2, 0.25) is 0 Å². The van der Waals surface area contributed by atoms with Crippen LogP contribution in [-0.2, 0) is 0 Å². The molecule has 0 atom stereocenters. The molecule has 0 saturated carbocycles. The molecule has 0 aliphatic carbocycles. The lowest BCUT2D eigenvalue weighted by atomic mass is 10.2. The molecule has 20 heavy (non-hydrogen) atoms. The number of nitrogens with zero attached hydrogens (tertiary/aromatic N) is 2. The van der Waals surface area contributed by atoms with Crippen LogP contribution in [0.25, 0.3) is 10.1 Å². The summed E-state index contributed by atoms with van der Waals surface area (Å²) >= 11 is 13.7. The Hall–Kier alpha value is -1.69. The zero-order chi connectivity index (χ0) is 14.1. The van der Waals surface area contributed by atoms with Gasteiger partial charge in [0.15, 0.2) is 0 Å². The molecule has 3 aromatic rings. The van der Waals surface area contributed by atoms with E-state index in [0.717, 1.165) is 4.70 Å². The van der Waals surface area contributed by atoms with Crippen molar-refractivity contribution < 1.29 is 4.79 Å². The van der Waals surface area contributed by atoms with Crippen molar-refractivity contribution in [3.05, 3.63) is 51.8 Å². The largest absolute Gasteiger partial charge is 0.319 e. The summed E-state index contributed by atoms with van der Waals surface area (Å²) in [4.78, 5) is 20.3. The minimum absolute atomic E-state index is 0.304. The summed E-state index contributed by atoms with van der Waals surface area (Å²) < 4.78 is 0.872. The van der Waals surface area contributed by atoms with Crippen LogP contribution in [-0.4, -0.2) is 15.9 Å². The highest BCUT2D eigenvalue weighted by Crippen LogP contribution is 2.39. The molecule has 0 fully saturated rings. The van der Waals surface area contributed by atoms with Gasteiger partial charge in [0.05, 0.1) is 28.1 Å². The van der Waals surface area contributed by atoms with E-state index in [1.165, 1.54) is 30.1 Å². The molecule has 2 heterocycles. The molecular formula is C13H7Cl2N3OS. The van der Waals surface area contributed by atoms with Gasteiger partial charge in [0.25, 0.3) is 5.91 Å². The highest BCUT2D eigenvalue weighted by Gasteiger charge is 2.18. The van der Waals surface area contributed by atoms with E-state index in [1.807, 2.05) is 12.1 Å². The van der Waals surface area contributed by atoms with Crippen molar-refractivity contribution in [2.45, 2.75) is 0 Å². The van der Waals surface area contributed by atoms with E-state index in [4.69, 9.17) is 23.2 Å². The first-order valence-corrected chi connectivity index (χ1v) is 7.17. The van der Waals surface area contributed by atoms with Gasteiger partial charge < -0.3 is 5.32 Å². The van der Waals surface area contributed by atoms with Crippen LogP contribution in [0.1, 0.15) is 9.67 Å². The molecule has 1 N–H and O–H groups in total. The Bertz CT molecular complexity index is 789. The maximum Gasteiger partial charge on any atom is 0.267 e. The molecule has 0 spiro atoms. The van der Waals surface area contributed by atoms with Crippen molar-refractivity contribution in [3.8, 4) is 0 Å². The molecule has 0 aliphatic heterocycles. The van der Waals surface area contributed by atoms with Gasteiger partial charge in [-0.15, -0.1) is 11.3 Å². The second-order valence-corrected chi connectivity index (χ2v) is 5.78. The summed E-state index contributed by atoms with van der Waals surface area (Å²) in [5.41, 5.74) is 0.511. The third-order valence-corrected chi connectivity index (χ3v) is 4.59. The minimum Gasteiger partial charge on any atom is -0.319 e. The van der Waals surface area contributed by atoms with Crippen molar-refractivity contribution in [2.24, 2.45) is 0 Å². The van der Waals surface area contributed by atoms with E-state index in [2.05, 4.69) is 15.3 Å². The Balaban J connectivity index is 2.00. The Kier molecular flexibility index (Phi) is 3.56. The second-order valence-electron chi connectivity index (χ2n) is 3.94. The number of anilines is 1. The summed E-state index contributed by atoms with van der Waals surface area (Å²) in [6, 6.07) is 5.44. The van der Waals surface area contributed by atoms with Crippen molar-refractivity contribution >= 4 is 56.2 Å². The monoisotopic (exact) mass is 323 g/mol. The van der Waals surface area contributed by atoms with E-state index in [0.29, 0.717) is 26.0 Å². The second kappa shape index (κ2) is 5.36. The average molecular weight is 324 g/mol. The van der Waals surface area contributed by atoms with Crippen molar-refractivity contribution in [1.29, 1.82) is 0 Å². The number of amides is 1. The van der Waals surface area contributed by atoms with Crippen LogP contribution < -0.4 is 5.32 Å². The third-order valence-electron chi connectivity index (χ3n) is 2.63. The number of carbonyl (C=O) groups is 1. The van der Waals surface area contributed by atoms with Crippen LogP contribution in [0.5, 0.6) is 0 Å². The fraction of sp³-hybridized carbons (Fsp3) is 0. The zero-order valence-corrected chi connectivity index (χ0v) is 12.3. The molecule has 7 heteroatoms. The van der Waals surface area contributed by atoms with Crippen LogP contribution in [0, 0.1) is 0 Å². The summed E-state index contributed by atoms with van der Waals surface area (Å²) in [6.07, 6.45) is 4.42. The summed E-state index contributed by atoms with van der Waals surface area (Å²) in [5, 5.41) is 4.30. The normalized spacial score (nSPS) is 10.7.